The van der Waals surface area contributed by atoms with Crippen LogP contribution in [0.25, 0.3) is 16.6 Å². The van der Waals surface area contributed by atoms with E-state index >= 15 is 0 Å². The highest BCUT2D eigenvalue weighted by Gasteiger charge is 2.10. The lowest BCUT2D eigenvalue weighted by Gasteiger charge is -1.99. The second kappa shape index (κ2) is 3.44. The number of imidazole rings is 1. The van der Waals surface area contributed by atoms with Crippen LogP contribution >= 0.6 is 0 Å². The monoisotopic (exact) mass is 228 g/mol. The van der Waals surface area contributed by atoms with E-state index in [-0.39, 0.29) is 5.82 Å². The van der Waals surface area contributed by atoms with E-state index in [2.05, 4.69) is 9.97 Å². The number of hydrogen-bond donors (Lipinski definition) is 1. The van der Waals surface area contributed by atoms with Gasteiger partial charge >= 0.3 is 5.82 Å². The van der Waals surface area contributed by atoms with E-state index < -0.39 is 4.92 Å². The van der Waals surface area contributed by atoms with Gasteiger partial charge in [-0.15, -0.1) is 0 Å². The molecular weight excluding hydrogens is 220 g/mol. The molecule has 0 amide bonds. The number of rotatable bonds is 2. The zero-order valence-corrected chi connectivity index (χ0v) is 8.70. The zero-order chi connectivity index (χ0) is 11.8. The highest BCUT2D eigenvalue weighted by Crippen LogP contribution is 2.18. The average Bonchev–Trinajstić information content (AvgIpc) is 2.97. The third-order valence-electron chi connectivity index (χ3n) is 2.59. The second-order valence-electron chi connectivity index (χ2n) is 3.65. The van der Waals surface area contributed by atoms with E-state index in [1.165, 1.54) is 12.5 Å². The van der Waals surface area contributed by atoms with Gasteiger partial charge in [-0.05, 0) is 33.5 Å². The van der Waals surface area contributed by atoms with Crippen molar-refractivity contribution in [3.8, 4) is 5.69 Å². The van der Waals surface area contributed by atoms with Crippen LogP contribution in [0.2, 0.25) is 0 Å². The van der Waals surface area contributed by atoms with Crippen LogP contribution in [0.15, 0.2) is 43.0 Å². The van der Waals surface area contributed by atoms with Crippen LogP contribution in [0.3, 0.4) is 0 Å². The Bertz CT molecular complexity index is 698. The maximum absolute atomic E-state index is 10.5. The first-order valence-electron chi connectivity index (χ1n) is 5.00. The molecule has 6 heteroatoms. The Kier molecular flexibility index (Phi) is 1.94. The number of hydrogen-bond acceptors (Lipinski definition) is 3. The standard InChI is InChI=1S/C11H8N4O2/c16-15(17)11-6-14(7-13-11)9-2-1-8-3-4-12-10(8)5-9/h1-7,12H. The molecule has 2 aromatic heterocycles. The van der Waals surface area contributed by atoms with Gasteiger partial charge in [-0.3, -0.25) is 4.57 Å². The molecule has 3 aromatic rings. The lowest BCUT2D eigenvalue weighted by atomic mass is 10.2. The van der Waals surface area contributed by atoms with Crippen molar-refractivity contribution in [3.05, 3.63) is 53.1 Å². The summed E-state index contributed by atoms with van der Waals surface area (Å²) >= 11 is 0. The molecular formula is C11H8N4O2. The molecule has 0 radical (unpaired) electrons. The molecule has 0 atom stereocenters. The summed E-state index contributed by atoms with van der Waals surface area (Å²) in [6.45, 7) is 0. The summed E-state index contributed by atoms with van der Waals surface area (Å²) in [5, 5.41) is 11.6. The minimum absolute atomic E-state index is 0.156. The average molecular weight is 228 g/mol. The van der Waals surface area contributed by atoms with Crippen LogP contribution in [0, 0.1) is 10.1 Å². The summed E-state index contributed by atoms with van der Waals surface area (Å²) in [5.74, 6) is -0.156. The molecule has 0 aliphatic rings. The lowest BCUT2D eigenvalue weighted by molar-refractivity contribution is -0.389. The predicted octanol–water partition coefficient (Wildman–Crippen LogP) is 2.26. The molecule has 1 N–H and O–H groups in total. The number of nitrogens with zero attached hydrogens (tertiary/aromatic N) is 3. The number of H-pyrrole nitrogens is 1. The Morgan fingerprint density at radius 2 is 2.24 bits per heavy atom. The van der Waals surface area contributed by atoms with Crippen molar-refractivity contribution in [2.24, 2.45) is 0 Å². The van der Waals surface area contributed by atoms with Crippen LogP contribution in [0.4, 0.5) is 5.82 Å². The van der Waals surface area contributed by atoms with Crippen LogP contribution in [0.5, 0.6) is 0 Å². The largest absolute Gasteiger partial charge is 0.381 e. The molecule has 0 bridgehead atoms. The third kappa shape index (κ3) is 1.55. The summed E-state index contributed by atoms with van der Waals surface area (Å²) in [6.07, 6.45) is 4.68. The molecule has 0 spiro atoms. The fourth-order valence-corrected chi connectivity index (χ4v) is 1.74. The first kappa shape index (κ1) is 9.59. The van der Waals surface area contributed by atoms with Gasteiger partial charge in [0.15, 0.2) is 0 Å². The Labute approximate surface area is 95.7 Å². The molecule has 0 aliphatic heterocycles. The number of aromatic amines is 1. The fraction of sp³-hybridized carbons (Fsp3) is 0. The Morgan fingerprint density at radius 1 is 1.35 bits per heavy atom. The van der Waals surface area contributed by atoms with Gasteiger partial charge in [0.05, 0.1) is 5.69 Å². The molecule has 0 aliphatic carbocycles. The van der Waals surface area contributed by atoms with Crippen molar-refractivity contribution in [3.63, 3.8) is 0 Å². The Hall–Kier alpha value is -2.63. The number of nitro groups is 1. The Morgan fingerprint density at radius 3 is 3.00 bits per heavy atom. The molecule has 84 valence electrons. The number of fused-ring (bicyclic) bond motifs is 1. The van der Waals surface area contributed by atoms with E-state index in [1.54, 1.807) is 4.57 Å². The first-order chi connectivity index (χ1) is 8.24. The second-order valence-corrected chi connectivity index (χ2v) is 3.65. The maximum atomic E-state index is 10.5. The van der Waals surface area contributed by atoms with Crippen LogP contribution in [-0.2, 0) is 0 Å². The van der Waals surface area contributed by atoms with E-state index in [9.17, 15) is 10.1 Å². The van der Waals surface area contributed by atoms with E-state index in [0.29, 0.717) is 0 Å². The molecule has 6 nitrogen and oxygen atoms in total. The SMILES string of the molecule is O=[N+]([O-])c1cn(-c2ccc3cc[nH]c3c2)cn1. The summed E-state index contributed by atoms with van der Waals surface area (Å²) in [7, 11) is 0. The van der Waals surface area contributed by atoms with Crippen molar-refractivity contribution < 1.29 is 4.92 Å². The van der Waals surface area contributed by atoms with Gasteiger partial charge < -0.3 is 15.1 Å². The highest BCUT2D eigenvalue weighted by atomic mass is 16.6. The van der Waals surface area contributed by atoms with Crippen LogP contribution < -0.4 is 0 Å². The number of benzene rings is 1. The minimum atomic E-state index is -0.510. The van der Waals surface area contributed by atoms with Crippen molar-refractivity contribution in [2.75, 3.05) is 0 Å². The molecule has 3 rings (SSSR count). The normalized spacial score (nSPS) is 10.8. The van der Waals surface area contributed by atoms with Gasteiger partial charge in [0, 0.05) is 11.7 Å². The minimum Gasteiger partial charge on any atom is -0.361 e. The topological polar surface area (TPSA) is 76.8 Å². The van der Waals surface area contributed by atoms with Gasteiger partial charge in [0.25, 0.3) is 0 Å². The maximum Gasteiger partial charge on any atom is 0.381 e. The molecule has 2 heterocycles. The van der Waals surface area contributed by atoms with Crippen LogP contribution in [0.1, 0.15) is 0 Å². The molecule has 0 saturated carbocycles. The Balaban J connectivity index is 2.09. The van der Waals surface area contributed by atoms with Crippen molar-refractivity contribution >= 4 is 16.7 Å². The van der Waals surface area contributed by atoms with Gasteiger partial charge in [0.2, 0.25) is 6.33 Å². The predicted molar refractivity (Wildman–Crippen MR) is 62.1 cm³/mol. The fourth-order valence-electron chi connectivity index (χ4n) is 1.74. The van der Waals surface area contributed by atoms with Gasteiger partial charge in [-0.2, -0.15) is 0 Å². The van der Waals surface area contributed by atoms with Gasteiger partial charge in [0.1, 0.15) is 6.20 Å². The highest BCUT2D eigenvalue weighted by molar-refractivity contribution is 5.81. The van der Waals surface area contributed by atoms with Gasteiger partial charge in [-0.25, -0.2) is 0 Å². The quantitative estimate of drug-likeness (QED) is 0.539. The first-order valence-corrected chi connectivity index (χ1v) is 5.00. The number of aromatic nitrogens is 3. The third-order valence-corrected chi connectivity index (χ3v) is 2.59. The smallest absolute Gasteiger partial charge is 0.361 e. The molecule has 0 saturated heterocycles. The lowest BCUT2D eigenvalue weighted by Crippen LogP contribution is -1.90. The van der Waals surface area contributed by atoms with Crippen LogP contribution in [-0.4, -0.2) is 19.5 Å². The summed E-state index contributed by atoms with van der Waals surface area (Å²) in [6, 6.07) is 7.73. The van der Waals surface area contributed by atoms with Crippen molar-refractivity contribution in [1.29, 1.82) is 0 Å². The number of nitrogens with one attached hydrogen (secondary N) is 1. The summed E-state index contributed by atoms with van der Waals surface area (Å²) in [4.78, 5) is 16.8. The molecule has 0 unspecified atom stereocenters. The summed E-state index contributed by atoms with van der Waals surface area (Å²) < 4.78 is 1.62. The zero-order valence-electron chi connectivity index (χ0n) is 8.70. The van der Waals surface area contributed by atoms with Gasteiger partial charge in [-0.1, -0.05) is 6.07 Å². The van der Waals surface area contributed by atoms with Crippen molar-refractivity contribution in [2.45, 2.75) is 0 Å². The van der Waals surface area contributed by atoms with E-state index in [0.717, 1.165) is 16.6 Å². The van der Waals surface area contributed by atoms with Crippen molar-refractivity contribution in [1.82, 2.24) is 14.5 Å². The van der Waals surface area contributed by atoms with E-state index in [1.807, 2.05) is 30.5 Å². The molecule has 1 aromatic carbocycles. The van der Waals surface area contributed by atoms with E-state index in [4.69, 9.17) is 0 Å². The summed E-state index contributed by atoms with van der Waals surface area (Å²) in [5.41, 5.74) is 1.82. The molecule has 0 fully saturated rings. The molecule has 17 heavy (non-hydrogen) atoms.